The molecule has 24 heavy (non-hydrogen) atoms. The molecule has 2 aromatic heterocycles. The number of aromatic nitrogens is 1. The number of carbonyl (C=O) groups is 1. The Morgan fingerprint density at radius 3 is 2.75 bits per heavy atom. The Hall–Kier alpha value is -2.90. The number of H-pyrrole nitrogens is 1. The van der Waals surface area contributed by atoms with Crippen LogP contribution in [0.4, 0.5) is 5.69 Å². The highest BCUT2D eigenvalue weighted by Crippen LogP contribution is 2.24. The van der Waals surface area contributed by atoms with Gasteiger partial charge >= 0.3 is 5.69 Å². The number of nitro groups is 1. The molecule has 3 rings (SSSR count). The SMILES string of the molecule is Cc1[nH]c(=O)c(CNC(=O)c2cc([N+](=O)[O-])co2)c2c1CCCC2. The molecule has 8 nitrogen and oxygen atoms in total. The van der Waals surface area contributed by atoms with Gasteiger partial charge in [-0.2, -0.15) is 0 Å². The molecular weight excluding hydrogens is 314 g/mol. The molecule has 1 aliphatic rings. The van der Waals surface area contributed by atoms with Gasteiger partial charge in [-0.05, 0) is 43.7 Å². The van der Waals surface area contributed by atoms with Crippen molar-refractivity contribution in [3.63, 3.8) is 0 Å². The molecule has 0 spiro atoms. The van der Waals surface area contributed by atoms with Crippen molar-refractivity contribution in [3.05, 3.63) is 60.9 Å². The summed E-state index contributed by atoms with van der Waals surface area (Å²) in [6.07, 6.45) is 4.75. The van der Waals surface area contributed by atoms with Gasteiger partial charge in [-0.25, -0.2) is 0 Å². The van der Waals surface area contributed by atoms with Crippen LogP contribution in [0.3, 0.4) is 0 Å². The van der Waals surface area contributed by atoms with Gasteiger partial charge in [0.1, 0.15) is 0 Å². The van der Waals surface area contributed by atoms with Crippen molar-refractivity contribution in [1.29, 1.82) is 0 Å². The summed E-state index contributed by atoms with van der Waals surface area (Å²) in [5, 5.41) is 13.2. The number of carbonyl (C=O) groups excluding carboxylic acids is 1. The van der Waals surface area contributed by atoms with Crippen molar-refractivity contribution in [2.24, 2.45) is 0 Å². The number of hydrogen-bond acceptors (Lipinski definition) is 5. The molecule has 0 aliphatic heterocycles. The molecule has 8 heteroatoms. The van der Waals surface area contributed by atoms with E-state index in [-0.39, 0.29) is 23.6 Å². The summed E-state index contributed by atoms with van der Waals surface area (Å²) in [6.45, 7) is 1.95. The first-order valence-electron chi connectivity index (χ1n) is 7.72. The van der Waals surface area contributed by atoms with E-state index in [0.717, 1.165) is 54.8 Å². The number of aryl methyl sites for hydroxylation is 1. The van der Waals surface area contributed by atoms with Crippen molar-refractivity contribution in [2.45, 2.75) is 39.2 Å². The zero-order valence-electron chi connectivity index (χ0n) is 13.2. The maximum Gasteiger partial charge on any atom is 0.308 e. The normalized spacial score (nSPS) is 13.4. The molecule has 0 bridgehead atoms. The predicted octanol–water partition coefficient (Wildman–Crippen LogP) is 1.99. The number of furan rings is 1. The average molecular weight is 331 g/mol. The second-order valence-corrected chi connectivity index (χ2v) is 5.83. The molecule has 1 amide bonds. The molecule has 126 valence electrons. The van der Waals surface area contributed by atoms with Crippen molar-refractivity contribution in [2.75, 3.05) is 0 Å². The number of amides is 1. The summed E-state index contributed by atoms with van der Waals surface area (Å²) >= 11 is 0. The van der Waals surface area contributed by atoms with Crippen molar-refractivity contribution in [1.82, 2.24) is 10.3 Å². The van der Waals surface area contributed by atoms with Gasteiger partial charge in [0.15, 0.2) is 12.0 Å². The highest BCUT2D eigenvalue weighted by Gasteiger charge is 2.21. The van der Waals surface area contributed by atoms with Crippen LogP contribution in [0.25, 0.3) is 0 Å². The fraction of sp³-hybridized carbons (Fsp3) is 0.375. The zero-order valence-corrected chi connectivity index (χ0v) is 13.2. The third-order valence-corrected chi connectivity index (χ3v) is 4.31. The maximum absolute atomic E-state index is 12.2. The minimum atomic E-state index is -0.638. The van der Waals surface area contributed by atoms with E-state index in [0.29, 0.717) is 5.56 Å². The Bertz CT molecular complexity index is 865. The minimum Gasteiger partial charge on any atom is -0.452 e. The van der Waals surface area contributed by atoms with Gasteiger partial charge in [0.25, 0.3) is 11.5 Å². The lowest BCUT2D eigenvalue weighted by Gasteiger charge is -2.20. The second-order valence-electron chi connectivity index (χ2n) is 5.83. The Morgan fingerprint density at radius 1 is 1.38 bits per heavy atom. The molecule has 0 atom stereocenters. The smallest absolute Gasteiger partial charge is 0.308 e. The molecule has 0 aromatic carbocycles. The van der Waals surface area contributed by atoms with Gasteiger partial charge in [0, 0.05) is 17.8 Å². The maximum atomic E-state index is 12.2. The number of nitrogens with one attached hydrogen (secondary N) is 2. The largest absolute Gasteiger partial charge is 0.452 e. The third-order valence-electron chi connectivity index (χ3n) is 4.31. The number of hydrogen-bond donors (Lipinski definition) is 2. The lowest BCUT2D eigenvalue weighted by atomic mass is 9.88. The van der Waals surface area contributed by atoms with Gasteiger partial charge in [0.2, 0.25) is 0 Å². The van der Waals surface area contributed by atoms with E-state index in [2.05, 4.69) is 10.3 Å². The van der Waals surface area contributed by atoms with Gasteiger partial charge in [-0.3, -0.25) is 19.7 Å². The fourth-order valence-corrected chi connectivity index (χ4v) is 3.09. The van der Waals surface area contributed by atoms with E-state index >= 15 is 0 Å². The van der Waals surface area contributed by atoms with Gasteiger partial charge in [-0.1, -0.05) is 0 Å². The average Bonchev–Trinajstić information content (AvgIpc) is 3.05. The van der Waals surface area contributed by atoms with Crippen molar-refractivity contribution < 1.29 is 14.1 Å². The Morgan fingerprint density at radius 2 is 2.08 bits per heavy atom. The van der Waals surface area contributed by atoms with Crippen LogP contribution in [0.15, 0.2) is 21.5 Å². The van der Waals surface area contributed by atoms with Crippen LogP contribution in [0, 0.1) is 17.0 Å². The summed E-state index contributed by atoms with van der Waals surface area (Å²) in [6, 6.07) is 1.06. The highest BCUT2D eigenvalue weighted by atomic mass is 16.6. The van der Waals surface area contributed by atoms with Gasteiger partial charge in [-0.15, -0.1) is 0 Å². The first-order valence-corrected chi connectivity index (χ1v) is 7.72. The number of pyridine rings is 1. The Kier molecular flexibility index (Phi) is 4.20. The summed E-state index contributed by atoms with van der Waals surface area (Å²) in [5.74, 6) is -0.744. The topological polar surface area (TPSA) is 118 Å². The Balaban J connectivity index is 1.80. The van der Waals surface area contributed by atoms with E-state index in [4.69, 9.17) is 4.42 Å². The highest BCUT2D eigenvalue weighted by molar-refractivity contribution is 5.92. The van der Waals surface area contributed by atoms with Crippen LogP contribution >= 0.6 is 0 Å². The predicted molar refractivity (Wildman–Crippen MR) is 85.0 cm³/mol. The fourth-order valence-electron chi connectivity index (χ4n) is 3.09. The monoisotopic (exact) mass is 331 g/mol. The van der Waals surface area contributed by atoms with Gasteiger partial charge in [0.05, 0.1) is 11.0 Å². The molecule has 0 saturated carbocycles. The number of aromatic amines is 1. The molecule has 0 saturated heterocycles. The van der Waals surface area contributed by atoms with E-state index in [1.165, 1.54) is 0 Å². The second kappa shape index (κ2) is 6.31. The van der Waals surface area contributed by atoms with Crippen molar-refractivity contribution >= 4 is 11.6 Å². The first kappa shape index (κ1) is 16.0. The Labute approximate surface area is 137 Å². The van der Waals surface area contributed by atoms with Gasteiger partial charge < -0.3 is 14.7 Å². The van der Waals surface area contributed by atoms with E-state index in [1.807, 2.05) is 6.92 Å². The molecule has 2 heterocycles. The molecular formula is C16H17N3O5. The third kappa shape index (κ3) is 2.94. The molecule has 2 N–H and O–H groups in total. The van der Waals surface area contributed by atoms with E-state index in [1.54, 1.807) is 0 Å². The minimum absolute atomic E-state index is 0.0608. The number of fused-ring (bicyclic) bond motifs is 1. The van der Waals surface area contributed by atoms with Crippen LogP contribution in [-0.2, 0) is 19.4 Å². The summed E-state index contributed by atoms with van der Waals surface area (Å²) in [7, 11) is 0. The van der Waals surface area contributed by atoms with Crippen LogP contribution in [0.5, 0.6) is 0 Å². The standard InChI is InChI=1S/C16H17N3O5/c1-9-11-4-2-3-5-12(11)13(15(20)18-9)7-17-16(21)14-6-10(8-24-14)19(22)23/h6,8H,2-5,7H2,1H3,(H,17,21)(H,18,20). The summed E-state index contributed by atoms with van der Waals surface area (Å²) < 4.78 is 4.90. The number of rotatable bonds is 4. The quantitative estimate of drug-likeness (QED) is 0.656. The summed E-state index contributed by atoms with van der Waals surface area (Å²) in [4.78, 5) is 37.1. The van der Waals surface area contributed by atoms with Crippen LogP contribution in [0.2, 0.25) is 0 Å². The first-order chi connectivity index (χ1) is 11.5. The van der Waals surface area contributed by atoms with Crippen molar-refractivity contribution in [3.8, 4) is 0 Å². The van der Waals surface area contributed by atoms with E-state index in [9.17, 15) is 19.7 Å². The van der Waals surface area contributed by atoms with Crippen LogP contribution in [-0.4, -0.2) is 15.8 Å². The molecule has 0 radical (unpaired) electrons. The molecule has 2 aromatic rings. The lowest BCUT2D eigenvalue weighted by molar-refractivity contribution is -0.385. The van der Waals surface area contributed by atoms with E-state index < -0.39 is 10.8 Å². The summed E-state index contributed by atoms with van der Waals surface area (Å²) in [5.41, 5.74) is 3.09. The number of nitrogens with zero attached hydrogens (tertiary/aromatic N) is 1. The molecule has 1 aliphatic carbocycles. The lowest BCUT2D eigenvalue weighted by Crippen LogP contribution is -2.30. The van der Waals surface area contributed by atoms with Crippen LogP contribution < -0.4 is 10.9 Å². The molecule has 0 fully saturated rings. The molecule has 0 unspecified atom stereocenters. The van der Waals surface area contributed by atoms with Crippen LogP contribution in [0.1, 0.15) is 45.8 Å². The zero-order chi connectivity index (χ0) is 17.3.